The van der Waals surface area contributed by atoms with E-state index in [1.807, 2.05) is 6.20 Å². The largest absolute Gasteiger partial charge is 0.381 e. The Hall–Kier alpha value is -0.450. The second-order valence-corrected chi connectivity index (χ2v) is 7.11. The number of hydrogen-bond donors (Lipinski definition) is 2. The van der Waals surface area contributed by atoms with E-state index in [9.17, 15) is 0 Å². The van der Waals surface area contributed by atoms with Gasteiger partial charge in [-0.1, -0.05) is 6.92 Å². The lowest BCUT2D eigenvalue weighted by molar-refractivity contribution is 0.0203. The highest BCUT2D eigenvalue weighted by Crippen LogP contribution is 2.14. The van der Waals surface area contributed by atoms with E-state index in [-0.39, 0.29) is 24.0 Å². The van der Waals surface area contributed by atoms with Crippen LogP contribution in [-0.4, -0.2) is 51.0 Å². The molecule has 1 fully saturated rings. The number of aromatic nitrogens is 1. The van der Waals surface area contributed by atoms with Gasteiger partial charge in [-0.25, -0.2) is 4.98 Å². The van der Waals surface area contributed by atoms with Crippen molar-refractivity contribution >= 4 is 41.3 Å². The molecule has 0 unspecified atom stereocenters. The third kappa shape index (κ3) is 9.16. The number of nitrogens with one attached hydrogen (secondary N) is 2. The van der Waals surface area contributed by atoms with Gasteiger partial charge in [0.25, 0.3) is 0 Å². The zero-order chi connectivity index (χ0) is 17.0. The fourth-order valence-electron chi connectivity index (χ4n) is 2.52. The van der Waals surface area contributed by atoms with Crippen LogP contribution in [0.3, 0.4) is 0 Å². The number of thiazole rings is 1. The Morgan fingerprint density at radius 2 is 2.20 bits per heavy atom. The normalized spacial score (nSPS) is 15.7. The topological polar surface area (TPSA) is 67.8 Å². The Kier molecular flexibility index (Phi) is 12.4. The highest BCUT2D eigenvalue weighted by atomic mass is 127. The summed E-state index contributed by atoms with van der Waals surface area (Å²) in [6.07, 6.45) is 6.23. The van der Waals surface area contributed by atoms with Crippen molar-refractivity contribution in [3.05, 3.63) is 16.1 Å². The van der Waals surface area contributed by atoms with Crippen molar-refractivity contribution in [1.82, 2.24) is 15.6 Å². The molecule has 0 aliphatic carbocycles. The number of halogens is 1. The molecule has 0 bridgehead atoms. The number of nitrogens with zero attached hydrogens (tertiary/aromatic N) is 2. The minimum Gasteiger partial charge on any atom is -0.381 e. The number of aliphatic imine (C=N–C) groups is 1. The predicted molar refractivity (Wildman–Crippen MR) is 114 cm³/mol. The lowest BCUT2D eigenvalue weighted by Crippen LogP contribution is -2.37. The van der Waals surface area contributed by atoms with Crippen molar-refractivity contribution < 1.29 is 9.47 Å². The van der Waals surface area contributed by atoms with Gasteiger partial charge >= 0.3 is 0 Å². The van der Waals surface area contributed by atoms with Crippen LogP contribution in [0.25, 0.3) is 0 Å². The van der Waals surface area contributed by atoms with Crippen LogP contribution in [0.2, 0.25) is 0 Å². The summed E-state index contributed by atoms with van der Waals surface area (Å²) in [4.78, 5) is 9.96. The first-order valence-electron chi connectivity index (χ1n) is 8.85. The second kappa shape index (κ2) is 13.7. The van der Waals surface area contributed by atoms with Crippen molar-refractivity contribution in [2.45, 2.75) is 39.2 Å². The van der Waals surface area contributed by atoms with Gasteiger partial charge in [0, 0.05) is 51.1 Å². The van der Waals surface area contributed by atoms with E-state index in [4.69, 9.17) is 9.47 Å². The lowest BCUT2D eigenvalue weighted by atomic mass is 10.0. The SMILES string of the molecule is CCc1cnc(CNC(=NC)NCCCOCC2CCOCC2)s1.I. The van der Waals surface area contributed by atoms with Crippen LogP contribution in [0.4, 0.5) is 0 Å². The van der Waals surface area contributed by atoms with Crippen LogP contribution < -0.4 is 10.6 Å². The molecule has 0 saturated carbocycles. The van der Waals surface area contributed by atoms with Gasteiger partial charge in [-0.15, -0.1) is 35.3 Å². The molecule has 1 aromatic heterocycles. The van der Waals surface area contributed by atoms with Gasteiger partial charge in [-0.2, -0.15) is 0 Å². The molecule has 25 heavy (non-hydrogen) atoms. The highest BCUT2D eigenvalue weighted by molar-refractivity contribution is 14.0. The molecule has 1 aromatic rings. The van der Waals surface area contributed by atoms with Crippen LogP contribution in [0.1, 0.15) is 36.1 Å². The summed E-state index contributed by atoms with van der Waals surface area (Å²) >= 11 is 1.75. The Balaban J connectivity index is 0.00000312. The summed E-state index contributed by atoms with van der Waals surface area (Å²) in [5, 5.41) is 7.70. The standard InChI is InChI=1S/C17H30N4O2S.HI/c1-3-15-11-20-16(24-15)12-21-17(18-2)19-7-4-8-23-13-14-5-9-22-10-6-14;/h11,14H,3-10,12-13H2,1-2H3,(H2,18,19,21);1H. The Morgan fingerprint density at radius 3 is 2.88 bits per heavy atom. The van der Waals surface area contributed by atoms with Crippen LogP contribution in [0, 0.1) is 5.92 Å². The maximum Gasteiger partial charge on any atom is 0.191 e. The quantitative estimate of drug-likeness (QED) is 0.245. The maximum absolute atomic E-state index is 5.77. The fraction of sp³-hybridized carbons (Fsp3) is 0.765. The summed E-state index contributed by atoms with van der Waals surface area (Å²) in [5.74, 6) is 1.49. The average Bonchev–Trinajstić information content (AvgIpc) is 3.09. The third-order valence-corrected chi connectivity index (χ3v) is 5.17. The Bertz CT molecular complexity index is 493. The highest BCUT2D eigenvalue weighted by Gasteiger charge is 2.13. The van der Waals surface area contributed by atoms with Gasteiger partial charge in [0.2, 0.25) is 0 Å². The van der Waals surface area contributed by atoms with Gasteiger partial charge in [0.05, 0.1) is 6.54 Å². The molecule has 0 atom stereocenters. The van der Waals surface area contributed by atoms with Crippen molar-refractivity contribution in [3.8, 4) is 0 Å². The Morgan fingerprint density at radius 1 is 1.40 bits per heavy atom. The van der Waals surface area contributed by atoms with Gasteiger partial charge in [0.15, 0.2) is 5.96 Å². The average molecular weight is 482 g/mol. The first-order chi connectivity index (χ1) is 11.8. The minimum atomic E-state index is 0. The molecule has 0 spiro atoms. The van der Waals surface area contributed by atoms with E-state index in [1.165, 1.54) is 4.88 Å². The number of hydrogen-bond acceptors (Lipinski definition) is 5. The van der Waals surface area contributed by atoms with E-state index in [2.05, 4.69) is 27.5 Å². The molecule has 2 N–H and O–H groups in total. The van der Waals surface area contributed by atoms with E-state index < -0.39 is 0 Å². The predicted octanol–water partition coefficient (Wildman–Crippen LogP) is 2.82. The molecule has 2 rings (SSSR count). The van der Waals surface area contributed by atoms with Crippen LogP contribution in [-0.2, 0) is 22.4 Å². The molecular formula is C17H31IN4O2S. The van der Waals surface area contributed by atoms with Crippen molar-refractivity contribution in [1.29, 1.82) is 0 Å². The fourth-order valence-corrected chi connectivity index (χ4v) is 3.32. The molecule has 1 saturated heterocycles. The van der Waals surface area contributed by atoms with Gasteiger partial charge < -0.3 is 20.1 Å². The van der Waals surface area contributed by atoms with Crippen molar-refractivity contribution in [3.63, 3.8) is 0 Å². The van der Waals surface area contributed by atoms with Crippen LogP contribution in [0.15, 0.2) is 11.2 Å². The van der Waals surface area contributed by atoms with Crippen LogP contribution in [0.5, 0.6) is 0 Å². The maximum atomic E-state index is 5.77. The van der Waals surface area contributed by atoms with E-state index >= 15 is 0 Å². The molecular weight excluding hydrogens is 451 g/mol. The van der Waals surface area contributed by atoms with E-state index in [0.29, 0.717) is 12.5 Å². The molecule has 0 amide bonds. The number of guanidine groups is 1. The minimum absolute atomic E-state index is 0. The van der Waals surface area contributed by atoms with Crippen LogP contribution >= 0.6 is 35.3 Å². The third-order valence-electron chi connectivity index (χ3n) is 4.03. The van der Waals surface area contributed by atoms with E-state index in [0.717, 1.165) is 69.6 Å². The number of rotatable bonds is 9. The summed E-state index contributed by atoms with van der Waals surface area (Å²) < 4.78 is 11.1. The summed E-state index contributed by atoms with van der Waals surface area (Å²) in [7, 11) is 1.79. The molecule has 144 valence electrons. The number of ether oxygens (including phenoxy) is 2. The first-order valence-corrected chi connectivity index (χ1v) is 9.67. The zero-order valence-corrected chi connectivity index (χ0v) is 18.4. The first kappa shape index (κ1) is 22.6. The van der Waals surface area contributed by atoms with Gasteiger partial charge in [-0.3, -0.25) is 4.99 Å². The Labute approximate surface area is 172 Å². The van der Waals surface area contributed by atoms with Gasteiger partial charge in [0.1, 0.15) is 5.01 Å². The lowest BCUT2D eigenvalue weighted by Gasteiger charge is -2.21. The van der Waals surface area contributed by atoms with Crippen molar-refractivity contribution in [2.75, 3.05) is 40.0 Å². The monoisotopic (exact) mass is 482 g/mol. The molecule has 6 nitrogen and oxygen atoms in total. The van der Waals surface area contributed by atoms with Crippen molar-refractivity contribution in [2.24, 2.45) is 10.9 Å². The van der Waals surface area contributed by atoms with Gasteiger partial charge in [-0.05, 0) is 31.6 Å². The summed E-state index contributed by atoms with van der Waals surface area (Å²) in [5.41, 5.74) is 0. The molecule has 1 aliphatic rings. The molecule has 0 aromatic carbocycles. The molecule has 0 radical (unpaired) electrons. The molecule has 1 aliphatic heterocycles. The summed E-state index contributed by atoms with van der Waals surface area (Å²) in [6, 6.07) is 0. The van der Waals surface area contributed by atoms with E-state index in [1.54, 1.807) is 18.4 Å². The summed E-state index contributed by atoms with van der Waals surface area (Å²) in [6.45, 7) is 7.13. The zero-order valence-electron chi connectivity index (χ0n) is 15.3. The molecule has 2 heterocycles. The smallest absolute Gasteiger partial charge is 0.191 e. The number of aryl methyl sites for hydroxylation is 1. The second-order valence-electron chi connectivity index (χ2n) is 5.91. The molecule has 8 heteroatoms.